The van der Waals surface area contributed by atoms with E-state index in [1.54, 1.807) is 37.4 Å². The quantitative estimate of drug-likeness (QED) is 0.699. The normalized spacial score (nSPS) is 10.3. The van der Waals surface area contributed by atoms with Gasteiger partial charge in [0.2, 0.25) is 5.76 Å². The Bertz CT molecular complexity index is 848. The molecule has 0 aliphatic heterocycles. The molecule has 0 spiro atoms. The lowest BCUT2D eigenvalue weighted by molar-refractivity contribution is 0.380. The largest absolute Gasteiger partial charge is 0.493 e. The average molecular weight is 300 g/mol. The summed E-state index contributed by atoms with van der Waals surface area (Å²) < 4.78 is 16.5. The van der Waals surface area contributed by atoms with Crippen LogP contribution in [0.5, 0.6) is 17.2 Å². The molecular formula is C16H10ClNO3. The summed E-state index contributed by atoms with van der Waals surface area (Å²) in [5.74, 6) is 1.88. The number of fused-ring (bicyclic) bond motifs is 1. The summed E-state index contributed by atoms with van der Waals surface area (Å²) in [6.07, 6.45) is 0. The van der Waals surface area contributed by atoms with Crippen molar-refractivity contribution in [2.75, 3.05) is 7.11 Å². The van der Waals surface area contributed by atoms with Crippen LogP contribution in [-0.4, -0.2) is 7.11 Å². The Morgan fingerprint density at radius 1 is 1.10 bits per heavy atom. The van der Waals surface area contributed by atoms with Crippen LogP contribution < -0.4 is 9.47 Å². The summed E-state index contributed by atoms with van der Waals surface area (Å²) in [6.45, 7) is 0. The van der Waals surface area contributed by atoms with Gasteiger partial charge >= 0.3 is 0 Å². The van der Waals surface area contributed by atoms with Gasteiger partial charge in [0, 0.05) is 23.2 Å². The number of nitriles is 1. The van der Waals surface area contributed by atoms with Crippen LogP contribution in [-0.2, 0) is 0 Å². The molecule has 5 heteroatoms. The molecule has 0 aliphatic rings. The van der Waals surface area contributed by atoms with E-state index in [1.165, 1.54) is 0 Å². The van der Waals surface area contributed by atoms with Crippen LogP contribution >= 0.6 is 11.6 Å². The number of methoxy groups -OCH3 is 1. The molecule has 3 aromatic rings. The second-order valence-corrected chi connectivity index (χ2v) is 4.73. The third-order valence-electron chi connectivity index (χ3n) is 2.96. The molecular weight excluding hydrogens is 290 g/mol. The highest BCUT2D eigenvalue weighted by Crippen LogP contribution is 2.38. The van der Waals surface area contributed by atoms with Crippen molar-refractivity contribution < 1.29 is 13.9 Å². The van der Waals surface area contributed by atoms with E-state index in [0.717, 1.165) is 0 Å². The van der Waals surface area contributed by atoms with Gasteiger partial charge in [-0.15, -0.1) is 0 Å². The fourth-order valence-electron chi connectivity index (χ4n) is 2.04. The summed E-state index contributed by atoms with van der Waals surface area (Å²) in [5.41, 5.74) is 0.504. The van der Waals surface area contributed by atoms with Gasteiger partial charge in [-0.25, -0.2) is 0 Å². The molecule has 0 saturated heterocycles. The van der Waals surface area contributed by atoms with Crippen molar-refractivity contribution >= 4 is 22.6 Å². The van der Waals surface area contributed by atoms with E-state index in [1.807, 2.05) is 18.2 Å². The molecule has 2 aromatic carbocycles. The van der Waals surface area contributed by atoms with Gasteiger partial charge in [0.05, 0.1) is 12.5 Å². The maximum Gasteiger partial charge on any atom is 0.204 e. The lowest BCUT2D eigenvalue weighted by Gasteiger charge is -2.10. The van der Waals surface area contributed by atoms with E-state index in [0.29, 0.717) is 33.2 Å². The SMILES string of the molecule is COc1ccccc1Oc1cc(Cl)cc2oc(C#N)cc12. The van der Waals surface area contributed by atoms with E-state index in [4.69, 9.17) is 30.8 Å². The Morgan fingerprint density at radius 2 is 1.86 bits per heavy atom. The first-order chi connectivity index (χ1) is 10.2. The molecule has 0 aliphatic carbocycles. The monoisotopic (exact) mass is 299 g/mol. The molecule has 4 nitrogen and oxygen atoms in total. The predicted molar refractivity (Wildman–Crippen MR) is 79.0 cm³/mol. The van der Waals surface area contributed by atoms with Gasteiger partial charge < -0.3 is 13.9 Å². The van der Waals surface area contributed by atoms with Gasteiger partial charge in [-0.3, -0.25) is 0 Å². The van der Waals surface area contributed by atoms with Crippen LogP contribution in [0.15, 0.2) is 46.9 Å². The van der Waals surface area contributed by atoms with E-state index >= 15 is 0 Å². The second-order valence-electron chi connectivity index (χ2n) is 4.29. The van der Waals surface area contributed by atoms with Crippen LogP contribution in [0.2, 0.25) is 5.02 Å². The Balaban J connectivity index is 2.12. The number of rotatable bonds is 3. The lowest BCUT2D eigenvalue weighted by atomic mass is 10.2. The molecule has 3 rings (SSSR count). The fourth-order valence-corrected chi connectivity index (χ4v) is 2.23. The van der Waals surface area contributed by atoms with Crippen LogP contribution in [0, 0.1) is 11.3 Å². The molecule has 0 atom stereocenters. The van der Waals surface area contributed by atoms with Gasteiger partial charge in [0.1, 0.15) is 17.4 Å². The minimum atomic E-state index is 0.206. The smallest absolute Gasteiger partial charge is 0.204 e. The van der Waals surface area contributed by atoms with Crippen molar-refractivity contribution in [3.63, 3.8) is 0 Å². The highest BCUT2D eigenvalue weighted by molar-refractivity contribution is 6.31. The third-order valence-corrected chi connectivity index (χ3v) is 3.18. The molecule has 1 heterocycles. The summed E-state index contributed by atoms with van der Waals surface area (Å²) in [4.78, 5) is 0. The standard InChI is InChI=1S/C16H10ClNO3/c1-19-13-4-2-3-5-14(13)21-16-7-10(17)6-15-12(16)8-11(9-18)20-15/h2-8H,1H3. The van der Waals surface area contributed by atoms with Crippen molar-refractivity contribution in [2.45, 2.75) is 0 Å². The second kappa shape index (κ2) is 5.39. The first-order valence-corrected chi connectivity index (χ1v) is 6.53. The van der Waals surface area contributed by atoms with Gasteiger partial charge in [-0.1, -0.05) is 23.7 Å². The van der Waals surface area contributed by atoms with Gasteiger partial charge in [0.15, 0.2) is 11.5 Å². The van der Waals surface area contributed by atoms with Gasteiger partial charge in [0.25, 0.3) is 0 Å². The maximum atomic E-state index is 8.93. The van der Waals surface area contributed by atoms with Crippen LogP contribution in [0.3, 0.4) is 0 Å². The molecule has 104 valence electrons. The molecule has 0 amide bonds. The van der Waals surface area contributed by atoms with Crippen molar-refractivity contribution in [1.82, 2.24) is 0 Å². The van der Waals surface area contributed by atoms with E-state index < -0.39 is 0 Å². The maximum absolute atomic E-state index is 8.93. The van der Waals surface area contributed by atoms with Crippen molar-refractivity contribution in [3.8, 4) is 23.3 Å². The number of hydrogen-bond acceptors (Lipinski definition) is 4. The van der Waals surface area contributed by atoms with Crippen molar-refractivity contribution in [3.05, 3.63) is 53.2 Å². The topological polar surface area (TPSA) is 55.4 Å². The van der Waals surface area contributed by atoms with Crippen molar-refractivity contribution in [1.29, 1.82) is 5.26 Å². The minimum Gasteiger partial charge on any atom is -0.493 e. The number of benzene rings is 2. The summed E-state index contributed by atoms with van der Waals surface area (Å²) in [5, 5.41) is 10.1. The Kier molecular flexibility index (Phi) is 3.43. The van der Waals surface area contributed by atoms with E-state index in [9.17, 15) is 0 Å². The molecule has 0 radical (unpaired) electrons. The van der Waals surface area contributed by atoms with Crippen molar-refractivity contribution in [2.24, 2.45) is 0 Å². The zero-order chi connectivity index (χ0) is 14.8. The molecule has 0 saturated carbocycles. The van der Waals surface area contributed by atoms with E-state index in [-0.39, 0.29) is 5.76 Å². The fraction of sp³-hybridized carbons (Fsp3) is 0.0625. The first kappa shape index (κ1) is 13.3. The van der Waals surface area contributed by atoms with Gasteiger partial charge in [-0.05, 0) is 12.1 Å². The highest BCUT2D eigenvalue weighted by atomic mass is 35.5. The minimum absolute atomic E-state index is 0.206. The highest BCUT2D eigenvalue weighted by Gasteiger charge is 2.13. The predicted octanol–water partition coefficient (Wildman–Crippen LogP) is 4.76. The molecule has 21 heavy (non-hydrogen) atoms. The van der Waals surface area contributed by atoms with Gasteiger partial charge in [-0.2, -0.15) is 5.26 Å². The Labute approximate surface area is 126 Å². The third kappa shape index (κ3) is 2.51. The molecule has 0 bridgehead atoms. The summed E-state index contributed by atoms with van der Waals surface area (Å²) in [6, 6.07) is 14.2. The first-order valence-electron chi connectivity index (χ1n) is 6.15. The number of para-hydroxylation sites is 2. The molecule has 0 fully saturated rings. The number of hydrogen-bond donors (Lipinski definition) is 0. The number of furan rings is 1. The number of halogens is 1. The zero-order valence-corrected chi connectivity index (χ0v) is 11.8. The Morgan fingerprint density at radius 3 is 2.57 bits per heavy atom. The summed E-state index contributed by atoms with van der Waals surface area (Å²) in [7, 11) is 1.57. The van der Waals surface area contributed by atoms with Crippen LogP contribution in [0.25, 0.3) is 11.0 Å². The number of nitrogens with zero attached hydrogens (tertiary/aromatic N) is 1. The van der Waals surface area contributed by atoms with Crippen LogP contribution in [0.1, 0.15) is 5.76 Å². The zero-order valence-electron chi connectivity index (χ0n) is 11.1. The molecule has 1 aromatic heterocycles. The lowest BCUT2D eigenvalue weighted by Crippen LogP contribution is -1.90. The number of ether oxygens (including phenoxy) is 2. The molecule has 0 N–H and O–H groups in total. The summed E-state index contributed by atoms with van der Waals surface area (Å²) >= 11 is 6.06. The van der Waals surface area contributed by atoms with E-state index in [2.05, 4.69) is 0 Å². The molecule has 0 unspecified atom stereocenters. The average Bonchev–Trinajstić information content (AvgIpc) is 2.91. The Hall–Kier alpha value is -2.64. The van der Waals surface area contributed by atoms with Crippen LogP contribution in [0.4, 0.5) is 0 Å².